The van der Waals surface area contributed by atoms with Crippen LogP contribution in [0.2, 0.25) is 0 Å². The first-order valence-electron chi connectivity index (χ1n) is 10.4. The number of amides is 2. The quantitative estimate of drug-likeness (QED) is 0.716. The van der Waals surface area contributed by atoms with Gasteiger partial charge in [-0.1, -0.05) is 26.0 Å². The van der Waals surface area contributed by atoms with Crippen molar-refractivity contribution in [1.82, 2.24) is 4.90 Å². The molecule has 0 aliphatic carbocycles. The predicted octanol–water partition coefficient (Wildman–Crippen LogP) is 3.61. The van der Waals surface area contributed by atoms with E-state index in [4.69, 9.17) is 9.47 Å². The Morgan fingerprint density at radius 1 is 1.00 bits per heavy atom. The van der Waals surface area contributed by atoms with Crippen molar-refractivity contribution in [2.45, 2.75) is 20.3 Å². The molecule has 1 fully saturated rings. The lowest BCUT2D eigenvalue weighted by Gasteiger charge is -2.34. The summed E-state index contributed by atoms with van der Waals surface area (Å²) in [7, 11) is 1.55. The number of hydrogen-bond acceptors (Lipinski definition) is 5. The molecule has 2 atom stereocenters. The number of hydrogen-bond donors (Lipinski definition) is 1. The van der Waals surface area contributed by atoms with Gasteiger partial charge in [0, 0.05) is 18.7 Å². The van der Waals surface area contributed by atoms with Crippen LogP contribution < -0.4 is 10.1 Å². The summed E-state index contributed by atoms with van der Waals surface area (Å²) in [5, 5.41) is 2.73. The molecule has 164 valence electrons. The SMILES string of the molecule is COc1ccc(C(=O)Nc2ccccc2C(=O)OCC(=O)N2C[C@@H](C)C[C@H](C)C2)cc1. The van der Waals surface area contributed by atoms with Gasteiger partial charge in [-0.25, -0.2) is 4.79 Å². The zero-order chi connectivity index (χ0) is 22.4. The molecule has 3 rings (SSSR count). The highest BCUT2D eigenvalue weighted by molar-refractivity contribution is 6.08. The second-order valence-electron chi connectivity index (χ2n) is 8.05. The molecule has 1 saturated heterocycles. The molecular formula is C24H28N2O5. The molecule has 0 bridgehead atoms. The number of para-hydroxylation sites is 1. The van der Waals surface area contributed by atoms with Crippen molar-refractivity contribution in [2.24, 2.45) is 11.8 Å². The van der Waals surface area contributed by atoms with Gasteiger partial charge in [0.05, 0.1) is 18.4 Å². The summed E-state index contributed by atoms with van der Waals surface area (Å²) in [4.78, 5) is 39.4. The Bertz CT molecular complexity index is 931. The van der Waals surface area contributed by atoms with Crippen molar-refractivity contribution in [3.05, 3.63) is 59.7 Å². The third-order valence-electron chi connectivity index (χ3n) is 5.30. The van der Waals surface area contributed by atoms with E-state index in [1.54, 1.807) is 60.5 Å². The molecule has 0 radical (unpaired) electrons. The van der Waals surface area contributed by atoms with E-state index < -0.39 is 5.97 Å². The maximum Gasteiger partial charge on any atom is 0.340 e. The smallest absolute Gasteiger partial charge is 0.340 e. The van der Waals surface area contributed by atoms with Crippen LogP contribution >= 0.6 is 0 Å². The van der Waals surface area contributed by atoms with Crippen molar-refractivity contribution in [3.63, 3.8) is 0 Å². The number of likely N-dealkylation sites (tertiary alicyclic amines) is 1. The average molecular weight is 424 g/mol. The molecule has 0 unspecified atom stereocenters. The Hall–Kier alpha value is -3.35. The molecule has 7 nitrogen and oxygen atoms in total. The van der Waals surface area contributed by atoms with Crippen LogP contribution in [0.3, 0.4) is 0 Å². The van der Waals surface area contributed by atoms with E-state index in [1.165, 1.54) is 0 Å². The summed E-state index contributed by atoms with van der Waals surface area (Å²) in [5.74, 6) is 0.274. The van der Waals surface area contributed by atoms with Crippen molar-refractivity contribution in [2.75, 3.05) is 32.1 Å². The molecule has 0 aromatic heterocycles. The second kappa shape index (κ2) is 10.1. The molecule has 1 N–H and O–H groups in total. The third kappa shape index (κ3) is 5.84. The molecule has 31 heavy (non-hydrogen) atoms. The highest BCUT2D eigenvalue weighted by atomic mass is 16.5. The van der Waals surface area contributed by atoms with Crippen LogP contribution in [-0.2, 0) is 9.53 Å². The molecule has 2 aromatic rings. The molecule has 0 saturated carbocycles. The van der Waals surface area contributed by atoms with Crippen LogP contribution in [0.15, 0.2) is 48.5 Å². The summed E-state index contributed by atoms with van der Waals surface area (Å²) < 4.78 is 10.4. The third-order valence-corrected chi connectivity index (χ3v) is 5.30. The topological polar surface area (TPSA) is 84.9 Å². The summed E-state index contributed by atoms with van der Waals surface area (Å²) in [6.07, 6.45) is 1.09. The number of ether oxygens (including phenoxy) is 2. The fourth-order valence-electron chi connectivity index (χ4n) is 3.87. The van der Waals surface area contributed by atoms with E-state index in [0.717, 1.165) is 6.42 Å². The van der Waals surface area contributed by atoms with Gasteiger partial charge < -0.3 is 19.7 Å². The van der Waals surface area contributed by atoms with Crippen LogP contribution in [0.5, 0.6) is 5.75 Å². The number of anilines is 1. The number of benzene rings is 2. The summed E-state index contributed by atoms with van der Waals surface area (Å²) >= 11 is 0. The standard InChI is InChI=1S/C24H28N2O5/c1-16-12-17(2)14-26(13-16)22(27)15-31-24(29)20-6-4-5-7-21(20)25-23(28)18-8-10-19(30-3)11-9-18/h4-11,16-17H,12-15H2,1-3H3,(H,25,28)/t16-,17-/m0/s1. The second-order valence-corrected chi connectivity index (χ2v) is 8.05. The lowest BCUT2D eigenvalue weighted by Crippen LogP contribution is -2.44. The average Bonchev–Trinajstić information content (AvgIpc) is 2.77. The first-order chi connectivity index (χ1) is 14.9. The van der Waals surface area contributed by atoms with E-state index in [2.05, 4.69) is 19.2 Å². The molecule has 1 aliphatic heterocycles. The minimum Gasteiger partial charge on any atom is -0.497 e. The number of carbonyl (C=O) groups is 3. The van der Waals surface area contributed by atoms with Gasteiger partial charge in [0.25, 0.3) is 11.8 Å². The Balaban J connectivity index is 1.63. The van der Waals surface area contributed by atoms with Gasteiger partial charge in [-0.3, -0.25) is 9.59 Å². The van der Waals surface area contributed by atoms with Crippen LogP contribution in [0.1, 0.15) is 41.0 Å². The van der Waals surface area contributed by atoms with Crippen molar-refractivity contribution < 1.29 is 23.9 Å². The zero-order valence-corrected chi connectivity index (χ0v) is 18.1. The summed E-state index contributed by atoms with van der Waals surface area (Å²) in [6, 6.07) is 13.2. The normalized spacial score (nSPS) is 18.2. The zero-order valence-electron chi connectivity index (χ0n) is 18.1. The molecular weight excluding hydrogens is 396 g/mol. The van der Waals surface area contributed by atoms with Crippen LogP contribution in [-0.4, -0.2) is 49.5 Å². The fraction of sp³-hybridized carbons (Fsp3) is 0.375. The fourth-order valence-corrected chi connectivity index (χ4v) is 3.87. The van der Waals surface area contributed by atoms with Crippen molar-refractivity contribution in [1.29, 1.82) is 0 Å². The molecule has 2 aromatic carbocycles. The number of rotatable bonds is 6. The van der Waals surface area contributed by atoms with Crippen LogP contribution in [0.25, 0.3) is 0 Å². The first-order valence-corrected chi connectivity index (χ1v) is 10.4. The number of methoxy groups -OCH3 is 1. The van der Waals surface area contributed by atoms with E-state index in [0.29, 0.717) is 41.9 Å². The van der Waals surface area contributed by atoms with E-state index in [1.807, 2.05) is 0 Å². The number of carbonyl (C=O) groups excluding carboxylic acids is 3. The van der Waals surface area contributed by atoms with Gasteiger partial charge >= 0.3 is 5.97 Å². The lowest BCUT2D eigenvalue weighted by molar-refractivity contribution is -0.137. The minimum absolute atomic E-state index is 0.192. The highest BCUT2D eigenvalue weighted by Gasteiger charge is 2.26. The minimum atomic E-state index is -0.655. The van der Waals surface area contributed by atoms with Gasteiger partial charge in [0.1, 0.15) is 5.75 Å². The number of piperidine rings is 1. The van der Waals surface area contributed by atoms with E-state index in [-0.39, 0.29) is 24.0 Å². The largest absolute Gasteiger partial charge is 0.497 e. The van der Waals surface area contributed by atoms with Crippen molar-refractivity contribution in [3.8, 4) is 5.75 Å². The predicted molar refractivity (Wildman–Crippen MR) is 117 cm³/mol. The number of nitrogens with one attached hydrogen (secondary N) is 1. The molecule has 1 aliphatic rings. The Morgan fingerprint density at radius 3 is 2.29 bits per heavy atom. The summed E-state index contributed by atoms with van der Waals surface area (Å²) in [5.41, 5.74) is 0.936. The van der Waals surface area contributed by atoms with Gasteiger partial charge in [0.2, 0.25) is 0 Å². The van der Waals surface area contributed by atoms with Crippen molar-refractivity contribution >= 4 is 23.5 Å². The first kappa shape index (κ1) is 22.3. The Morgan fingerprint density at radius 2 is 1.65 bits per heavy atom. The highest BCUT2D eigenvalue weighted by Crippen LogP contribution is 2.22. The van der Waals surface area contributed by atoms with Crippen LogP contribution in [0.4, 0.5) is 5.69 Å². The van der Waals surface area contributed by atoms with Crippen LogP contribution in [0, 0.1) is 11.8 Å². The molecule has 7 heteroatoms. The van der Waals surface area contributed by atoms with Gasteiger partial charge in [-0.05, 0) is 54.7 Å². The van der Waals surface area contributed by atoms with Gasteiger partial charge in [-0.15, -0.1) is 0 Å². The maximum atomic E-state index is 12.6. The molecule has 1 heterocycles. The van der Waals surface area contributed by atoms with E-state index in [9.17, 15) is 14.4 Å². The molecule has 0 spiro atoms. The monoisotopic (exact) mass is 424 g/mol. The van der Waals surface area contributed by atoms with Gasteiger partial charge in [0.15, 0.2) is 6.61 Å². The summed E-state index contributed by atoms with van der Waals surface area (Å²) in [6.45, 7) is 5.26. The van der Waals surface area contributed by atoms with Gasteiger partial charge in [-0.2, -0.15) is 0 Å². The lowest BCUT2D eigenvalue weighted by atomic mass is 9.92. The number of esters is 1. The Labute approximate surface area is 182 Å². The molecule has 2 amide bonds. The number of nitrogens with zero attached hydrogens (tertiary/aromatic N) is 1. The Kier molecular flexibility index (Phi) is 7.28. The maximum absolute atomic E-state index is 12.6. The van der Waals surface area contributed by atoms with E-state index >= 15 is 0 Å².